The lowest BCUT2D eigenvalue weighted by atomic mass is 9.99. The SMILES string of the molecule is O=C(c1oc(C2CC2)nc1C(F)F)N1CCc2[nH]cnc2[C@H]1c1cc2cccc(C(F)(F)F)n2n1. The van der Waals surface area contributed by atoms with E-state index in [1.807, 2.05) is 0 Å². The van der Waals surface area contributed by atoms with Crippen molar-refractivity contribution in [2.24, 2.45) is 0 Å². The largest absolute Gasteiger partial charge is 0.435 e. The molecule has 0 spiro atoms. The molecule has 6 rings (SSSR count). The van der Waals surface area contributed by atoms with E-state index >= 15 is 0 Å². The molecule has 1 saturated carbocycles. The predicted molar refractivity (Wildman–Crippen MR) is 109 cm³/mol. The van der Waals surface area contributed by atoms with Crippen molar-refractivity contribution in [3.63, 3.8) is 0 Å². The van der Waals surface area contributed by atoms with Gasteiger partial charge >= 0.3 is 6.18 Å². The quantitative estimate of drug-likeness (QED) is 0.418. The molecule has 4 aromatic rings. The fraction of sp³-hybridized carbons (Fsp3) is 0.364. The van der Waals surface area contributed by atoms with Crippen LogP contribution >= 0.6 is 0 Å². The lowest BCUT2D eigenvalue weighted by molar-refractivity contribution is -0.142. The van der Waals surface area contributed by atoms with Gasteiger partial charge in [-0.25, -0.2) is 23.3 Å². The van der Waals surface area contributed by atoms with Gasteiger partial charge in [-0.15, -0.1) is 0 Å². The summed E-state index contributed by atoms with van der Waals surface area (Å²) >= 11 is 0. The van der Waals surface area contributed by atoms with Gasteiger partial charge in [-0.2, -0.15) is 18.3 Å². The monoisotopic (exact) mass is 492 g/mol. The fourth-order valence-corrected chi connectivity index (χ4v) is 4.46. The fourth-order valence-electron chi connectivity index (χ4n) is 4.46. The predicted octanol–water partition coefficient (Wildman–Crippen LogP) is 4.67. The summed E-state index contributed by atoms with van der Waals surface area (Å²) in [4.78, 5) is 25.9. The first-order chi connectivity index (χ1) is 16.7. The standard InChI is InChI=1S/C22H17F5N6O2/c23-19(24)16-18(35-20(30-16)10-4-5-10)21(34)32-7-6-12-15(29-9-28-12)17(32)13-8-11-2-1-3-14(22(25,26)27)33(11)31-13/h1-3,8-10,17,19H,4-7H2,(H,28,29)/t17-/m1/s1. The van der Waals surface area contributed by atoms with Crippen molar-refractivity contribution < 1.29 is 31.2 Å². The summed E-state index contributed by atoms with van der Waals surface area (Å²) < 4.78 is 74.3. The highest BCUT2D eigenvalue weighted by Crippen LogP contribution is 2.42. The van der Waals surface area contributed by atoms with Crippen LogP contribution < -0.4 is 0 Å². The maximum absolute atomic E-state index is 13.7. The number of halogens is 5. The molecule has 1 fully saturated rings. The normalized spacial score (nSPS) is 18.5. The van der Waals surface area contributed by atoms with E-state index in [4.69, 9.17) is 4.42 Å². The third-order valence-electron chi connectivity index (χ3n) is 6.26. The highest BCUT2D eigenvalue weighted by molar-refractivity contribution is 5.93. The van der Waals surface area contributed by atoms with Gasteiger partial charge in [0.2, 0.25) is 5.76 Å². The molecule has 0 bridgehead atoms. The number of imidazole rings is 1. The zero-order valence-corrected chi connectivity index (χ0v) is 17.9. The molecule has 1 aliphatic heterocycles. The minimum absolute atomic E-state index is 0.0842. The van der Waals surface area contributed by atoms with Gasteiger partial charge in [0.15, 0.2) is 11.6 Å². The molecule has 1 amide bonds. The number of nitrogens with zero attached hydrogens (tertiary/aromatic N) is 5. The molecule has 35 heavy (non-hydrogen) atoms. The molecule has 5 heterocycles. The summed E-state index contributed by atoms with van der Waals surface area (Å²) in [7, 11) is 0. The molecule has 0 radical (unpaired) electrons. The van der Waals surface area contributed by atoms with Crippen molar-refractivity contribution in [3.8, 4) is 0 Å². The van der Waals surface area contributed by atoms with Crippen LogP contribution in [0, 0.1) is 0 Å². The molecule has 1 aliphatic carbocycles. The maximum Gasteiger partial charge on any atom is 0.433 e. The van der Waals surface area contributed by atoms with Gasteiger partial charge in [-0.3, -0.25) is 4.79 Å². The lowest BCUT2D eigenvalue weighted by Crippen LogP contribution is -2.41. The molecule has 13 heteroatoms. The van der Waals surface area contributed by atoms with Crippen molar-refractivity contribution >= 4 is 11.4 Å². The van der Waals surface area contributed by atoms with Gasteiger partial charge < -0.3 is 14.3 Å². The number of H-pyrrole nitrogens is 1. The number of hydrogen-bond acceptors (Lipinski definition) is 5. The van der Waals surface area contributed by atoms with Crippen LogP contribution in [0.5, 0.6) is 0 Å². The van der Waals surface area contributed by atoms with Gasteiger partial charge in [0, 0.05) is 24.6 Å². The number of hydrogen-bond donors (Lipinski definition) is 1. The van der Waals surface area contributed by atoms with Crippen LogP contribution in [0.3, 0.4) is 0 Å². The van der Waals surface area contributed by atoms with Crippen LogP contribution in [0.2, 0.25) is 0 Å². The number of alkyl halides is 5. The van der Waals surface area contributed by atoms with E-state index in [0.717, 1.165) is 23.4 Å². The summed E-state index contributed by atoms with van der Waals surface area (Å²) in [5.74, 6) is -1.40. The van der Waals surface area contributed by atoms with Crippen molar-refractivity contribution in [1.82, 2.24) is 29.5 Å². The Labute approximate surface area is 193 Å². The average Bonchev–Trinajstić information content (AvgIpc) is 3.23. The molecule has 4 aromatic heterocycles. The lowest BCUT2D eigenvalue weighted by Gasteiger charge is -2.33. The topological polar surface area (TPSA) is 92.3 Å². The van der Waals surface area contributed by atoms with Gasteiger partial charge in [-0.1, -0.05) is 6.07 Å². The first-order valence-corrected chi connectivity index (χ1v) is 10.9. The molecule has 1 N–H and O–H groups in total. The van der Waals surface area contributed by atoms with E-state index in [1.54, 1.807) is 0 Å². The highest BCUT2D eigenvalue weighted by atomic mass is 19.4. The molecule has 0 saturated heterocycles. The average molecular weight is 492 g/mol. The molecule has 2 aliphatic rings. The Balaban J connectivity index is 1.47. The number of fused-ring (bicyclic) bond motifs is 2. The van der Waals surface area contributed by atoms with Crippen LogP contribution in [-0.2, 0) is 12.6 Å². The van der Waals surface area contributed by atoms with Crippen molar-refractivity contribution in [1.29, 1.82) is 0 Å². The van der Waals surface area contributed by atoms with Crippen LogP contribution in [-0.4, -0.2) is 41.9 Å². The Morgan fingerprint density at radius 2 is 2.03 bits per heavy atom. The van der Waals surface area contributed by atoms with Gasteiger partial charge in [0.1, 0.15) is 11.7 Å². The minimum atomic E-state index is -4.66. The minimum Gasteiger partial charge on any atom is -0.435 e. The molecule has 0 aromatic carbocycles. The van der Waals surface area contributed by atoms with E-state index < -0.39 is 41.7 Å². The molecular weight excluding hydrogens is 475 g/mol. The van der Waals surface area contributed by atoms with Crippen molar-refractivity contribution in [3.05, 3.63) is 70.7 Å². The van der Waals surface area contributed by atoms with Crippen LogP contribution in [0.4, 0.5) is 22.0 Å². The maximum atomic E-state index is 13.7. The highest BCUT2D eigenvalue weighted by Gasteiger charge is 2.42. The van der Waals surface area contributed by atoms with Crippen molar-refractivity contribution in [2.75, 3.05) is 6.54 Å². The second-order valence-corrected chi connectivity index (χ2v) is 8.57. The zero-order valence-electron chi connectivity index (χ0n) is 17.9. The Hall–Kier alpha value is -3.77. The first-order valence-electron chi connectivity index (χ1n) is 10.9. The summed E-state index contributed by atoms with van der Waals surface area (Å²) in [6.07, 6.45) is -4.46. The van der Waals surface area contributed by atoms with E-state index in [-0.39, 0.29) is 29.6 Å². The number of aromatic nitrogens is 5. The molecule has 8 nitrogen and oxygen atoms in total. The van der Waals surface area contributed by atoms with Gasteiger partial charge in [0.05, 0.1) is 23.2 Å². The zero-order chi connectivity index (χ0) is 24.5. The van der Waals surface area contributed by atoms with E-state index in [2.05, 4.69) is 20.1 Å². The number of pyridine rings is 1. The third kappa shape index (κ3) is 3.56. The summed E-state index contributed by atoms with van der Waals surface area (Å²) in [6.45, 7) is 0.0842. The number of carbonyl (C=O) groups excluding carboxylic acids is 1. The van der Waals surface area contributed by atoms with Crippen LogP contribution in [0.25, 0.3) is 5.52 Å². The Bertz CT molecular complexity index is 1430. The number of amides is 1. The van der Waals surface area contributed by atoms with Crippen LogP contribution in [0.15, 0.2) is 35.0 Å². The third-order valence-corrected chi connectivity index (χ3v) is 6.26. The molecular formula is C22H17F5N6O2. The van der Waals surface area contributed by atoms with E-state index in [1.165, 1.54) is 29.4 Å². The second-order valence-electron chi connectivity index (χ2n) is 8.57. The number of nitrogens with one attached hydrogen (secondary N) is 1. The summed E-state index contributed by atoms with van der Waals surface area (Å²) in [6, 6.07) is 4.03. The number of aromatic amines is 1. The Kier molecular flexibility index (Phi) is 4.73. The van der Waals surface area contributed by atoms with Crippen LogP contribution in [0.1, 0.15) is 76.1 Å². The van der Waals surface area contributed by atoms with Gasteiger partial charge in [0.25, 0.3) is 12.3 Å². The molecule has 1 atom stereocenters. The van der Waals surface area contributed by atoms with Crippen molar-refractivity contribution in [2.45, 2.75) is 43.8 Å². The van der Waals surface area contributed by atoms with E-state index in [0.29, 0.717) is 17.8 Å². The summed E-state index contributed by atoms with van der Waals surface area (Å²) in [5.41, 5.74) is -0.392. The Morgan fingerprint density at radius 1 is 1.23 bits per heavy atom. The number of oxazole rings is 1. The molecule has 182 valence electrons. The number of carbonyl (C=O) groups is 1. The smallest absolute Gasteiger partial charge is 0.433 e. The Morgan fingerprint density at radius 3 is 2.74 bits per heavy atom. The molecule has 0 unspecified atom stereocenters. The summed E-state index contributed by atoms with van der Waals surface area (Å²) in [5, 5.41) is 4.16. The second kappa shape index (κ2) is 7.62. The first kappa shape index (κ1) is 21.7. The number of rotatable bonds is 4. The van der Waals surface area contributed by atoms with E-state index in [9.17, 15) is 26.7 Å². The van der Waals surface area contributed by atoms with Gasteiger partial charge in [-0.05, 0) is 31.0 Å².